The number of sulfonamides is 1. The summed E-state index contributed by atoms with van der Waals surface area (Å²) in [6, 6.07) is 0. The zero-order chi connectivity index (χ0) is 13.8. The first kappa shape index (κ1) is 15.9. The van der Waals surface area contributed by atoms with Gasteiger partial charge in [0.2, 0.25) is 5.03 Å². The number of rotatable bonds is 7. The monoisotopic (exact) mass is 358 g/mol. The van der Waals surface area contributed by atoms with Crippen LogP contribution in [0.3, 0.4) is 0 Å². The van der Waals surface area contributed by atoms with Crippen LogP contribution in [-0.4, -0.2) is 47.2 Å². The molecule has 0 radical (unpaired) electrons. The maximum absolute atomic E-state index is 12.3. The lowest BCUT2D eigenvalue weighted by molar-refractivity contribution is 0.446. The minimum atomic E-state index is -3.55. The maximum Gasteiger partial charge on any atom is 0.262 e. The van der Waals surface area contributed by atoms with Gasteiger partial charge in [-0.1, -0.05) is 11.6 Å². The van der Waals surface area contributed by atoms with Gasteiger partial charge >= 0.3 is 0 Å². The van der Waals surface area contributed by atoms with Crippen molar-refractivity contribution in [3.63, 3.8) is 0 Å². The minimum absolute atomic E-state index is 0.0716. The molecule has 1 aromatic heterocycles. The quantitative estimate of drug-likeness (QED) is 0.548. The Morgan fingerprint density at radius 1 is 1.39 bits per heavy atom. The molecule has 1 aromatic rings. The summed E-state index contributed by atoms with van der Waals surface area (Å²) in [5, 5.41) is 7.42. The predicted molar refractivity (Wildman–Crippen MR) is 73.1 cm³/mol. The normalized spacial score (nSPS) is 12.3. The molecule has 0 saturated heterocycles. The predicted octanol–water partition coefficient (Wildman–Crippen LogP) is 1.61. The first-order chi connectivity index (χ1) is 8.41. The average Bonchev–Trinajstić information content (AvgIpc) is 2.64. The molecule has 0 aliphatic rings. The summed E-state index contributed by atoms with van der Waals surface area (Å²) in [6.07, 6.45) is 2.59. The van der Waals surface area contributed by atoms with E-state index in [9.17, 15) is 8.42 Å². The van der Waals surface area contributed by atoms with Crippen molar-refractivity contribution in [2.45, 2.75) is 24.3 Å². The van der Waals surface area contributed by atoms with E-state index < -0.39 is 10.0 Å². The van der Waals surface area contributed by atoms with Crippen molar-refractivity contribution in [3.8, 4) is 0 Å². The van der Waals surface area contributed by atoms with Crippen molar-refractivity contribution in [1.29, 1.82) is 0 Å². The molecule has 0 N–H and O–H groups in total. The fraction of sp³-hybridized carbons (Fsp3) is 0.778. The minimum Gasteiger partial charge on any atom is -0.235 e. The Labute approximate surface area is 120 Å². The van der Waals surface area contributed by atoms with Crippen LogP contribution >= 0.6 is 27.5 Å². The van der Waals surface area contributed by atoms with Crippen LogP contribution in [0.1, 0.15) is 19.3 Å². The summed E-state index contributed by atoms with van der Waals surface area (Å²) >= 11 is 8.67. The lowest BCUT2D eigenvalue weighted by atomic mass is 10.2. The second kappa shape index (κ2) is 6.83. The van der Waals surface area contributed by atoms with E-state index in [4.69, 9.17) is 11.6 Å². The number of unbranched alkanes of at least 4 members (excludes halogenated alkanes) is 2. The standard InChI is InChI=1S/C9H16BrClN4O2S/c1-14(7-5-3-4-6-11)18(16,17)9-8(10)12-13-15(9)2/h3-7H2,1-2H3. The van der Waals surface area contributed by atoms with E-state index >= 15 is 0 Å². The fourth-order valence-corrected chi connectivity index (χ4v) is 3.89. The lowest BCUT2D eigenvalue weighted by Gasteiger charge is -2.16. The Morgan fingerprint density at radius 3 is 2.56 bits per heavy atom. The molecule has 0 fully saturated rings. The Kier molecular flexibility index (Phi) is 6.03. The van der Waals surface area contributed by atoms with Gasteiger partial charge in [0.25, 0.3) is 10.0 Å². The molecule has 0 unspecified atom stereocenters. The van der Waals surface area contributed by atoms with E-state index in [1.165, 1.54) is 8.99 Å². The van der Waals surface area contributed by atoms with Crippen LogP contribution in [0.2, 0.25) is 0 Å². The highest BCUT2D eigenvalue weighted by molar-refractivity contribution is 9.10. The number of nitrogens with zero attached hydrogens (tertiary/aromatic N) is 4. The van der Waals surface area contributed by atoms with Gasteiger partial charge in [0.05, 0.1) is 0 Å². The molecule has 0 aromatic carbocycles. The molecule has 0 spiro atoms. The zero-order valence-corrected chi connectivity index (χ0v) is 13.5. The van der Waals surface area contributed by atoms with Crippen molar-refractivity contribution >= 4 is 37.6 Å². The molecule has 6 nitrogen and oxygen atoms in total. The topological polar surface area (TPSA) is 68.1 Å². The summed E-state index contributed by atoms with van der Waals surface area (Å²) in [4.78, 5) is 0. The fourth-order valence-electron chi connectivity index (χ4n) is 1.47. The maximum atomic E-state index is 12.3. The molecule has 0 saturated carbocycles. The van der Waals surface area contributed by atoms with Crippen molar-refractivity contribution in [2.24, 2.45) is 7.05 Å². The zero-order valence-electron chi connectivity index (χ0n) is 10.3. The number of aromatic nitrogens is 3. The highest BCUT2D eigenvalue weighted by Gasteiger charge is 2.27. The van der Waals surface area contributed by atoms with Crippen molar-refractivity contribution in [1.82, 2.24) is 19.3 Å². The number of aryl methyl sites for hydroxylation is 1. The Hall–Kier alpha value is -0.180. The van der Waals surface area contributed by atoms with Crippen molar-refractivity contribution in [2.75, 3.05) is 19.5 Å². The van der Waals surface area contributed by atoms with Gasteiger partial charge in [0, 0.05) is 26.5 Å². The molecule has 1 heterocycles. The molecule has 0 aliphatic heterocycles. The second-order valence-electron chi connectivity index (χ2n) is 3.89. The summed E-state index contributed by atoms with van der Waals surface area (Å²) in [6.45, 7) is 0.455. The summed E-state index contributed by atoms with van der Waals surface area (Å²) in [5.74, 6) is 0.605. The van der Waals surface area contributed by atoms with Crippen LogP contribution in [-0.2, 0) is 17.1 Å². The van der Waals surface area contributed by atoms with Crippen LogP contribution in [0.25, 0.3) is 0 Å². The van der Waals surface area contributed by atoms with Crippen LogP contribution in [0.5, 0.6) is 0 Å². The molecular formula is C9H16BrClN4O2S. The SMILES string of the molecule is CN(CCCCCCl)S(=O)(=O)c1c(Br)nnn1C. The van der Waals surface area contributed by atoms with Gasteiger partial charge in [-0.05, 0) is 28.8 Å². The van der Waals surface area contributed by atoms with Gasteiger partial charge in [-0.25, -0.2) is 13.1 Å². The van der Waals surface area contributed by atoms with Gasteiger partial charge in [0.1, 0.15) is 0 Å². The van der Waals surface area contributed by atoms with Crippen molar-refractivity contribution < 1.29 is 8.42 Å². The second-order valence-corrected chi connectivity index (χ2v) is 6.97. The third kappa shape index (κ3) is 3.66. The van der Waals surface area contributed by atoms with E-state index in [1.807, 2.05) is 0 Å². The Bertz CT molecular complexity index is 471. The van der Waals surface area contributed by atoms with E-state index in [2.05, 4.69) is 26.2 Å². The average molecular weight is 360 g/mol. The van der Waals surface area contributed by atoms with E-state index in [1.54, 1.807) is 14.1 Å². The lowest BCUT2D eigenvalue weighted by Crippen LogP contribution is -2.29. The van der Waals surface area contributed by atoms with Gasteiger partial charge in [-0.3, -0.25) is 0 Å². The van der Waals surface area contributed by atoms with Gasteiger partial charge in [0.15, 0.2) is 4.60 Å². The van der Waals surface area contributed by atoms with E-state index in [0.29, 0.717) is 12.4 Å². The summed E-state index contributed by atoms with van der Waals surface area (Å²) in [7, 11) is -0.454. The smallest absolute Gasteiger partial charge is 0.235 e. The van der Waals surface area contributed by atoms with E-state index in [-0.39, 0.29) is 9.63 Å². The molecule has 0 amide bonds. The molecule has 18 heavy (non-hydrogen) atoms. The van der Waals surface area contributed by atoms with Gasteiger partial charge in [-0.15, -0.1) is 16.7 Å². The Balaban J connectivity index is 2.75. The highest BCUT2D eigenvalue weighted by Crippen LogP contribution is 2.21. The Morgan fingerprint density at radius 2 is 2.06 bits per heavy atom. The van der Waals surface area contributed by atoms with Crippen molar-refractivity contribution in [3.05, 3.63) is 4.60 Å². The molecule has 104 valence electrons. The number of alkyl halides is 1. The van der Waals surface area contributed by atoms with Crippen LogP contribution in [0.15, 0.2) is 9.63 Å². The molecule has 0 bridgehead atoms. The summed E-state index contributed by atoms with van der Waals surface area (Å²) < 4.78 is 27.3. The molecular weight excluding hydrogens is 344 g/mol. The third-order valence-corrected chi connectivity index (χ3v) is 5.51. The van der Waals surface area contributed by atoms with Crippen LogP contribution in [0, 0.1) is 0 Å². The molecule has 1 rings (SSSR count). The van der Waals surface area contributed by atoms with Gasteiger partial charge in [-0.2, -0.15) is 4.31 Å². The first-order valence-electron chi connectivity index (χ1n) is 5.48. The van der Waals surface area contributed by atoms with E-state index in [0.717, 1.165) is 19.3 Å². The van der Waals surface area contributed by atoms with Crippen LogP contribution < -0.4 is 0 Å². The largest absolute Gasteiger partial charge is 0.262 e. The summed E-state index contributed by atoms with van der Waals surface area (Å²) in [5.41, 5.74) is 0. The molecule has 0 aliphatic carbocycles. The number of hydrogen-bond acceptors (Lipinski definition) is 4. The number of halogens is 2. The highest BCUT2D eigenvalue weighted by atomic mass is 79.9. The molecule has 0 atom stereocenters. The van der Waals surface area contributed by atoms with Crippen LogP contribution in [0.4, 0.5) is 0 Å². The number of hydrogen-bond donors (Lipinski definition) is 0. The molecule has 9 heteroatoms. The van der Waals surface area contributed by atoms with Gasteiger partial charge < -0.3 is 0 Å². The third-order valence-electron chi connectivity index (χ3n) is 2.50. The first-order valence-corrected chi connectivity index (χ1v) is 8.25.